The molecular weight excluding hydrogens is 236 g/mol. The van der Waals surface area contributed by atoms with Crippen molar-refractivity contribution in [2.45, 2.75) is 69.5 Å². The van der Waals surface area contributed by atoms with Crippen molar-refractivity contribution >= 4 is 0 Å². The molecule has 0 amide bonds. The maximum atomic E-state index is 9.54. The van der Waals surface area contributed by atoms with E-state index in [1.165, 1.54) is 18.7 Å². The number of nitrogens with one attached hydrogen (secondary N) is 1. The van der Waals surface area contributed by atoms with Crippen molar-refractivity contribution in [3.63, 3.8) is 0 Å². The van der Waals surface area contributed by atoms with Crippen molar-refractivity contribution in [2.24, 2.45) is 0 Å². The van der Waals surface area contributed by atoms with Crippen LogP contribution in [0.15, 0.2) is 12.4 Å². The van der Waals surface area contributed by atoms with Crippen LogP contribution in [0.25, 0.3) is 0 Å². The van der Waals surface area contributed by atoms with Crippen molar-refractivity contribution < 1.29 is 0 Å². The lowest BCUT2D eigenvalue weighted by Crippen LogP contribution is -2.43. The Morgan fingerprint density at radius 2 is 2.37 bits per heavy atom. The Bertz CT molecular complexity index is 483. The summed E-state index contributed by atoms with van der Waals surface area (Å²) in [5.41, 5.74) is -0.292. The van der Waals surface area contributed by atoms with E-state index in [2.05, 4.69) is 34.1 Å². The Labute approximate surface area is 114 Å². The minimum Gasteiger partial charge on any atom is -0.332 e. The molecule has 2 atom stereocenters. The average Bonchev–Trinajstić information content (AvgIpc) is 2.93. The third-order valence-corrected chi connectivity index (χ3v) is 4.38. The zero-order chi connectivity index (χ0) is 13.3. The van der Waals surface area contributed by atoms with Crippen LogP contribution in [0.5, 0.6) is 0 Å². The third kappa shape index (κ3) is 2.52. The van der Waals surface area contributed by atoms with Crippen LogP contribution in [-0.2, 0) is 6.42 Å². The molecule has 0 aromatic carbocycles. The van der Waals surface area contributed by atoms with Gasteiger partial charge in [-0.2, -0.15) is 5.26 Å². The molecule has 0 bridgehead atoms. The lowest BCUT2D eigenvalue weighted by Gasteiger charge is -2.23. The molecule has 4 heteroatoms. The Balaban J connectivity index is 1.73. The van der Waals surface area contributed by atoms with Crippen LogP contribution in [0.3, 0.4) is 0 Å². The first kappa shape index (κ1) is 12.7. The highest BCUT2D eigenvalue weighted by Gasteiger charge is 2.43. The number of aromatic nitrogens is 2. The molecule has 0 radical (unpaired) electrons. The minimum absolute atomic E-state index is 0.292. The normalized spacial score (nSPS) is 30.4. The van der Waals surface area contributed by atoms with Gasteiger partial charge in [-0.25, -0.2) is 4.98 Å². The van der Waals surface area contributed by atoms with Crippen molar-refractivity contribution in [1.82, 2.24) is 14.9 Å². The molecule has 0 aliphatic heterocycles. The van der Waals surface area contributed by atoms with Gasteiger partial charge in [-0.3, -0.25) is 5.32 Å². The fourth-order valence-corrected chi connectivity index (χ4v) is 3.23. The first-order valence-electron chi connectivity index (χ1n) is 7.47. The number of aryl methyl sites for hydroxylation is 1. The summed E-state index contributed by atoms with van der Waals surface area (Å²) >= 11 is 0. The van der Waals surface area contributed by atoms with Gasteiger partial charge in [-0.1, -0.05) is 6.92 Å². The summed E-state index contributed by atoms with van der Waals surface area (Å²) in [5.74, 6) is 1.17. The first-order valence-corrected chi connectivity index (χ1v) is 7.47. The van der Waals surface area contributed by atoms with Gasteiger partial charge in [-0.15, -0.1) is 0 Å². The standard InChI is InChI=1S/C15H22N4/c1-2-3-14-17-8-9-19(14)13-6-7-15(10-13,11-16)18-12-4-5-12/h8-9,12-13,18H,2-7,10H2,1H3. The van der Waals surface area contributed by atoms with Gasteiger partial charge in [0.2, 0.25) is 0 Å². The van der Waals surface area contributed by atoms with Gasteiger partial charge in [0.1, 0.15) is 11.4 Å². The molecule has 1 aromatic heterocycles. The second-order valence-electron chi connectivity index (χ2n) is 6.01. The van der Waals surface area contributed by atoms with Crippen LogP contribution in [0, 0.1) is 11.3 Å². The summed E-state index contributed by atoms with van der Waals surface area (Å²) in [6.45, 7) is 2.18. The summed E-state index contributed by atoms with van der Waals surface area (Å²) in [6.07, 6.45) is 11.6. The van der Waals surface area contributed by atoms with E-state index >= 15 is 0 Å². The SMILES string of the molecule is CCCc1nccn1C1CCC(C#N)(NC2CC2)C1. The number of rotatable bonds is 5. The first-order chi connectivity index (χ1) is 9.26. The lowest BCUT2D eigenvalue weighted by atomic mass is 9.99. The maximum absolute atomic E-state index is 9.54. The second-order valence-corrected chi connectivity index (χ2v) is 6.01. The van der Waals surface area contributed by atoms with E-state index in [4.69, 9.17) is 0 Å². The number of imidazole rings is 1. The molecule has 2 aliphatic carbocycles. The third-order valence-electron chi connectivity index (χ3n) is 4.38. The van der Waals surface area contributed by atoms with Gasteiger partial charge in [0.25, 0.3) is 0 Å². The van der Waals surface area contributed by atoms with Gasteiger partial charge in [0.05, 0.1) is 6.07 Å². The summed E-state index contributed by atoms with van der Waals surface area (Å²) < 4.78 is 2.30. The molecule has 19 heavy (non-hydrogen) atoms. The maximum Gasteiger partial charge on any atom is 0.109 e. The highest BCUT2D eigenvalue weighted by Crippen LogP contribution is 2.40. The molecule has 4 nitrogen and oxygen atoms in total. The molecule has 2 saturated carbocycles. The van der Waals surface area contributed by atoms with E-state index in [1.807, 2.05) is 6.20 Å². The molecule has 1 heterocycles. The van der Waals surface area contributed by atoms with E-state index < -0.39 is 0 Å². The lowest BCUT2D eigenvalue weighted by molar-refractivity contribution is 0.393. The number of nitrogens with zero attached hydrogens (tertiary/aromatic N) is 3. The van der Waals surface area contributed by atoms with Crippen molar-refractivity contribution in [3.8, 4) is 6.07 Å². The van der Waals surface area contributed by atoms with Crippen LogP contribution < -0.4 is 5.32 Å². The predicted molar refractivity (Wildman–Crippen MR) is 73.6 cm³/mol. The summed E-state index contributed by atoms with van der Waals surface area (Å²) in [5, 5.41) is 13.1. The number of nitriles is 1. The van der Waals surface area contributed by atoms with Crippen LogP contribution in [-0.4, -0.2) is 21.1 Å². The number of hydrogen-bond donors (Lipinski definition) is 1. The molecule has 2 unspecified atom stereocenters. The highest BCUT2D eigenvalue weighted by molar-refractivity contribution is 5.16. The van der Waals surface area contributed by atoms with Crippen LogP contribution in [0.4, 0.5) is 0 Å². The van der Waals surface area contributed by atoms with E-state index in [0.717, 1.165) is 32.1 Å². The molecule has 2 aliphatic rings. The van der Waals surface area contributed by atoms with Crippen LogP contribution in [0.1, 0.15) is 57.3 Å². The summed E-state index contributed by atoms with van der Waals surface area (Å²) in [6, 6.07) is 3.58. The van der Waals surface area contributed by atoms with Gasteiger partial charge < -0.3 is 4.57 Å². The van der Waals surface area contributed by atoms with E-state index in [0.29, 0.717) is 12.1 Å². The van der Waals surface area contributed by atoms with Crippen molar-refractivity contribution in [3.05, 3.63) is 18.2 Å². The van der Waals surface area contributed by atoms with Crippen molar-refractivity contribution in [2.75, 3.05) is 0 Å². The van der Waals surface area contributed by atoms with Gasteiger partial charge in [0.15, 0.2) is 0 Å². The molecule has 0 spiro atoms. The van der Waals surface area contributed by atoms with Crippen molar-refractivity contribution in [1.29, 1.82) is 5.26 Å². The number of hydrogen-bond acceptors (Lipinski definition) is 3. The average molecular weight is 258 g/mol. The fraction of sp³-hybridized carbons (Fsp3) is 0.733. The smallest absolute Gasteiger partial charge is 0.109 e. The second kappa shape index (κ2) is 4.97. The molecule has 2 fully saturated rings. The molecular formula is C15H22N4. The van der Waals surface area contributed by atoms with E-state index in [9.17, 15) is 5.26 Å². The summed E-state index contributed by atoms with van der Waals surface area (Å²) in [7, 11) is 0. The zero-order valence-electron chi connectivity index (χ0n) is 11.6. The summed E-state index contributed by atoms with van der Waals surface area (Å²) in [4.78, 5) is 4.46. The van der Waals surface area contributed by atoms with Gasteiger partial charge in [-0.05, 0) is 38.5 Å². The van der Waals surface area contributed by atoms with Gasteiger partial charge in [0, 0.05) is 30.9 Å². The molecule has 3 rings (SSSR count). The Morgan fingerprint density at radius 1 is 1.53 bits per heavy atom. The Morgan fingerprint density at radius 3 is 3.05 bits per heavy atom. The zero-order valence-corrected chi connectivity index (χ0v) is 11.6. The molecule has 1 N–H and O–H groups in total. The Kier molecular flexibility index (Phi) is 3.32. The van der Waals surface area contributed by atoms with Gasteiger partial charge >= 0.3 is 0 Å². The molecule has 102 valence electrons. The fourth-order valence-electron chi connectivity index (χ4n) is 3.23. The highest BCUT2D eigenvalue weighted by atomic mass is 15.1. The minimum atomic E-state index is -0.292. The topological polar surface area (TPSA) is 53.6 Å². The monoisotopic (exact) mass is 258 g/mol. The molecule has 1 aromatic rings. The molecule has 0 saturated heterocycles. The Hall–Kier alpha value is -1.34. The van der Waals surface area contributed by atoms with Crippen LogP contribution in [0.2, 0.25) is 0 Å². The predicted octanol–water partition coefficient (Wildman–Crippen LogP) is 2.57. The van der Waals surface area contributed by atoms with E-state index in [-0.39, 0.29) is 5.54 Å². The van der Waals surface area contributed by atoms with E-state index in [1.54, 1.807) is 0 Å². The largest absolute Gasteiger partial charge is 0.332 e. The quantitative estimate of drug-likeness (QED) is 0.883. The van der Waals surface area contributed by atoms with Crippen LogP contribution >= 0.6 is 0 Å².